The summed E-state index contributed by atoms with van der Waals surface area (Å²) in [6.45, 7) is 5.62. The van der Waals surface area contributed by atoms with Gasteiger partial charge in [0, 0.05) is 12.5 Å². The molecule has 0 aliphatic heterocycles. The molecule has 0 heterocycles. The van der Waals surface area contributed by atoms with E-state index >= 15 is 0 Å². The first-order valence-corrected chi connectivity index (χ1v) is 6.94. The summed E-state index contributed by atoms with van der Waals surface area (Å²) in [5.74, 6) is 2.30. The van der Waals surface area contributed by atoms with Crippen LogP contribution in [-0.4, -0.2) is 12.4 Å². The van der Waals surface area contributed by atoms with Crippen molar-refractivity contribution in [1.29, 1.82) is 0 Å². The fourth-order valence-electron chi connectivity index (χ4n) is 2.85. The van der Waals surface area contributed by atoms with Crippen molar-refractivity contribution >= 4 is 5.84 Å². The van der Waals surface area contributed by atoms with Gasteiger partial charge in [-0.15, -0.1) is 0 Å². The van der Waals surface area contributed by atoms with E-state index in [0.29, 0.717) is 11.3 Å². The highest BCUT2D eigenvalue weighted by atomic mass is 14.9. The molecule has 0 aromatic heterocycles. The number of aliphatic imine (C=N–C) groups is 1. The van der Waals surface area contributed by atoms with E-state index in [4.69, 9.17) is 10.7 Å². The van der Waals surface area contributed by atoms with Crippen LogP contribution in [0, 0.1) is 17.3 Å². The molecule has 2 aliphatic carbocycles. The molecule has 0 spiro atoms. The summed E-state index contributed by atoms with van der Waals surface area (Å²) in [6, 6.07) is 0. The van der Waals surface area contributed by atoms with E-state index in [1.54, 1.807) is 0 Å². The largest absolute Gasteiger partial charge is 0.387 e. The Morgan fingerprint density at radius 1 is 1.25 bits per heavy atom. The molecular weight excluding hydrogens is 196 g/mol. The Morgan fingerprint density at radius 3 is 2.38 bits per heavy atom. The molecule has 0 amide bonds. The van der Waals surface area contributed by atoms with Gasteiger partial charge >= 0.3 is 0 Å². The number of hydrogen-bond acceptors (Lipinski definition) is 1. The van der Waals surface area contributed by atoms with Gasteiger partial charge in [0.1, 0.15) is 0 Å². The third-order valence-electron chi connectivity index (χ3n) is 4.72. The third kappa shape index (κ3) is 2.58. The molecule has 0 unspecified atom stereocenters. The monoisotopic (exact) mass is 222 g/mol. The number of nitrogens with two attached hydrogens (primary N) is 1. The number of nitrogens with zero attached hydrogens (tertiary/aromatic N) is 1. The summed E-state index contributed by atoms with van der Waals surface area (Å²) in [7, 11) is 0. The van der Waals surface area contributed by atoms with Crippen LogP contribution in [-0.2, 0) is 0 Å². The van der Waals surface area contributed by atoms with Crippen LogP contribution in [0.5, 0.6) is 0 Å². The normalized spacial score (nSPS) is 26.1. The van der Waals surface area contributed by atoms with Crippen molar-refractivity contribution in [1.82, 2.24) is 0 Å². The average Bonchev–Trinajstić information content (AvgIpc) is 3.08. The highest BCUT2D eigenvalue weighted by Crippen LogP contribution is 2.52. The Kier molecular flexibility index (Phi) is 3.56. The molecule has 0 bridgehead atoms. The molecule has 0 radical (unpaired) electrons. The zero-order chi connectivity index (χ0) is 11.6. The van der Waals surface area contributed by atoms with E-state index in [1.807, 2.05) is 0 Å². The van der Waals surface area contributed by atoms with Gasteiger partial charge in [-0.3, -0.25) is 4.99 Å². The second-order valence-electron chi connectivity index (χ2n) is 6.09. The minimum atomic E-state index is 0.513. The van der Waals surface area contributed by atoms with E-state index in [-0.39, 0.29) is 0 Å². The van der Waals surface area contributed by atoms with Crippen molar-refractivity contribution in [2.45, 2.75) is 58.8 Å². The van der Waals surface area contributed by atoms with Crippen LogP contribution in [0.4, 0.5) is 0 Å². The molecule has 0 aromatic rings. The average molecular weight is 222 g/mol. The third-order valence-corrected chi connectivity index (χ3v) is 4.72. The van der Waals surface area contributed by atoms with Crippen LogP contribution in [0.1, 0.15) is 58.8 Å². The fourth-order valence-corrected chi connectivity index (χ4v) is 2.85. The zero-order valence-corrected chi connectivity index (χ0v) is 10.8. The van der Waals surface area contributed by atoms with Gasteiger partial charge in [-0.1, -0.05) is 33.1 Å². The summed E-state index contributed by atoms with van der Waals surface area (Å²) in [4.78, 5) is 4.70. The van der Waals surface area contributed by atoms with Crippen molar-refractivity contribution in [2.24, 2.45) is 28.0 Å². The Hall–Kier alpha value is -0.530. The zero-order valence-electron chi connectivity index (χ0n) is 10.8. The van der Waals surface area contributed by atoms with Crippen LogP contribution in [0.2, 0.25) is 0 Å². The Balaban J connectivity index is 1.86. The van der Waals surface area contributed by atoms with E-state index in [1.165, 1.54) is 44.9 Å². The molecule has 2 heteroatoms. The summed E-state index contributed by atoms with van der Waals surface area (Å²) >= 11 is 0. The van der Waals surface area contributed by atoms with Crippen LogP contribution in [0.25, 0.3) is 0 Å². The van der Waals surface area contributed by atoms with Gasteiger partial charge in [0.15, 0.2) is 0 Å². The lowest BCUT2D eigenvalue weighted by atomic mass is 9.88. The maximum absolute atomic E-state index is 6.13. The first kappa shape index (κ1) is 11.9. The summed E-state index contributed by atoms with van der Waals surface area (Å²) in [5, 5.41) is 0. The van der Waals surface area contributed by atoms with Crippen LogP contribution >= 0.6 is 0 Å². The van der Waals surface area contributed by atoms with Gasteiger partial charge in [0.05, 0.1) is 5.84 Å². The summed E-state index contributed by atoms with van der Waals surface area (Å²) in [6.07, 6.45) is 9.32. The smallest absolute Gasteiger partial charge is 0.0968 e. The van der Waals surface area contributed by atoms with Crippen LogP contribution < -0.4 is 5.73 Å². The SMILES string of the molecule is CC(C)C1(CN=C(N)C2CCCCC2)CC1. The lowest BCUT2D eigenvalue weighted by Crippen LogP contribution is -2.27. The molecule has 2 rings (SSSR count). The number of rotatable bonds is 4. The van der Waals surface area contributed by atoms with Crippen molar-refractivity contribution in [3.63, 3.8) is 0 Å². The first-order chi connectivity index (χ1) is 7.64. The summed E-state index contributed by atoms with van der Waals surface area (Å²) < 4.78 is 0. The molecule has 2 fully saturated rings. The highest BCUT2D eigenvalue weighted by molar-refractivity contribution is 5.82. The van der Waals surface area contributed by atoms with E-state index in [2.05, 4.69) is 13.8 Å². The van der Waals surface area contributed by atoms with Gasteiger partial charge in [-0.2, -0.15) is 0 Å². The van der Waals surface area contributed by atoms with Crippen molar-refractivity contribution in [3.8, 4) is 0 Å². The van der Waals surface area contributed by atoms with E-state index in [0.717, 1.165) is 18.3 Å². The molecular formula is C14H26N2. The van der Waals surface area contributed by atoms with Crippen LogP contribution in [0.3, 0.4) is 0 Å². The molecule has 0 aromatic carbocycles. The molecule has 0 saturated heterocycles. The molecule has 2 nitrogen and oxygen atoms in total. The minimum absolute atomic E-state index is 0.513. The van der Waals surface area contributed by atoms with Gasteiger partial charge in [0.25, 0.3) is 0 Å². The van der Waals surface area contributed by atoms with Gasteiger partial charge in [-0.25, -0.2) is 0 Å². The minimum Gasteiger partial charge on any atom is -0.387 e. The van der Waals surface area contributed by atoms with Crippen LogP contribution in [0.15, 0.2) is 4.99 Å². The first-order valence-electron chi connectivity index (χ1n) is 6.94. The number of amidine groups is 1. The molecule has 2 saturated carbocycles. The van der Waals surface area contributed by atoms with E-state index < -0.39 is 0 Å². The van der Waals surface area contributed by atoms with Crippen molar-refractivity contribution in [3.05, 3.63) is 0 Å². The molecule has 16 heavy (non-hydrogen) atoms. The van der Waals surface area contributed by atoms with E-state index in [9.17, 15) is 0 Å². The van der Waals surface area contributed by atoms with Gasteiger partial charge in [0.2, 0.25) is 0 Å². The van der Waals surface area contributed by atoms with Gasteiger partial charge < -0.3 is 5.73 Å². The second kappa shape index (κ2) is 4.77. The lowest BCUT2D eigenvalue weighted by Gasteiger charge is -2.22. The van der Waals surface area contributed by atoms with Crippen molar-refractivity contribution < 1.29 is 0 Å². The molecule has 0 atom stereocenters. The molecule has 2 aliphatic rings. The maximum atomic E-state index is 6.13. The predicted octanol–water partition coefficient (Wildman–Crippen LogP) is 3.36. The Bertz CT molecular complexity index is 258. The quantitative estimate of drug-likeness (QED) is 0.575. The Morgan fingerprint density at radius 2 is 1.88 bits per heavy atom. The maximum Gasteiger partial charge on any atom is 0.0968 e. The lowest BCUT2D eigenvalue weighted by molar-refractivity contribution is 0.368. The Labute approximate surface area is 99.7 Å². The standard InChI is InChI=1S/C14H26N2/c1-11(2)14(8-9-14)10-16-13(15)12-6-4-3-5-7-12/h11-12H,3-10H2,1-2H3,(H2,15,16). The highest BCUT2D eigenvalue weighted by Gasteiger charge is 2.45. The number of hydrogen-bond donors (Lipinski definition) is 1. The predicted molar refractivity (Wildman–Crippen MR) is 69.6 cm³/mol. The van der Waals surface area contributed by atoms with Gasteiger partial charge in [-0.05, 0) is 37.0 Å². The molecule has 92 valence electrons. The van der Waals surface area contributed by atoms with Crippen molar-refractivity contribution in [2.75, 3.05) is 6.54 Å². The fraction of sp³-hybridized carbons (Fsp3) is 0.929. The topological polar surface area (TPSA) is 38.4 Å². The molecule has 2 N–H and O–H groups in total. The summed E-state index contributed by atoms with van der Waals surface area (Å²) in [5.41, 5.74) is 6.65. The second-order valence-corrected chi connectivity index (χ2v) is 6.09.